The molecular weight excluding hydrogens is 384 g/mol. The molecule has 2 aromatic rings. The van der Waals surface area contributed by atoms with E-state index in [0.29, 0.717) is 11.5 Å². The van der Waals surface area contributed by atoms with Crippen molar-refractivity contribution in [3.05, 3.63) is 58.7 Å². The molecule has 0 atom stereocenters. The maximum atomic E-state index is 15.1. The van der Waals surface area contributed by atoms with Crippen LogP contribution in [0.2, 0.25) is 0 Å². The van der Waals surface area contributed by atoms with E-state index < -0.39 is 34.8 Å². The summed E-state index contributed by atoms with van der Waals surface area (Å²) in [7, 11) is 0. The van der Waals surface area contributed by atoms with Crippen LogP contribution in [0.15, 0.2) is 24.3 Å². The fraction of sp³-hybridized carbons (Fsp3) is 0.435. The van der Waals surface area contributed by atoms with Crippen molar-refractivity contribution < 1.29 is 27.5 Å². The summed E-state index contributed by atoms with van der Waals surface area (Å²) in [5.41, 5.74) is -0.401. The second-order valence-electron chi connectivity index (χ2n) is 7.81. The minimum absolute atomic E-state index is 0.0450. The molecule has 1 aliphatic rings. The van der Waals surface area contributed by atoms with Gasteiger partial charge in [0.2, 0.25) is 0 Å². The van der Waals surface area contributed by atoms with Crippen LogP contribution in [0.5, 0.6) is 0 Å². The molecule has 0 unspecified atom stereocenters. The first-order valence-corrected chi connectivity index (χ1v) is 10.0. The molecule has 3 rings (SSSR count). The number of carboxylic acid groups (broad SMARTS) is 1. The van der Waals surface area contributed by atoms with Gasteiger partial charge in [0.05, 0.1) is 5.56 Å². The molecule has 0 amide bonds. The van der Waals surface area contributed by atoms with Gasteiger partial charge < -0.3 is 5.11 Å². The predicted molar refractivity (Wildman–Crippen MR) is 103 cm³/mol. The number of hydrogen-bond donors (Lipinski definition) is 1. The van der Waals surface area contributed by atoms with E-state index in [0.717, 1.165) is 57.1 Å². The van der Waals surface area contributed by atoms with E-state index in [-0.39, 0.29) is 17.0 Å². The van der Waals surface area contributed by atoms with Crippen molar-refractivity contribution in [2.75, 3.05) is 0 Å². The molecule has 2 aromatic carbocycles. The summed E-state index contributed by atoms with van der Waals surface area (Å²) in [6, 6.07) is 4.16. The summed E-state index contributed by atoms with van der Waals surface area (Å²) in [6.07, 6.45) is 6.97. The van der Waals surface area contributed by atoms with Gasteiger partial charge in [0.15, 0.2) is 17.5 Å². The first-order valence-electron chi connectivity index (χ1n) is 10.0. The Balaban J connectivity index is 2.03. The number of carbonyl (C=O) groups is 1. The minimum atomic E-state index is -1.64. The van der Waals surface area contributed by atoms with Crippen LogP contribution in [0.25, 0.3) is 11.1 Å². The Bertz CT molecular complexity index is 879. The highest BCUT2D eigenvalue weighted by atomic mass is 19.2. The third-order valence-corrected chi connectivity index (χ3v) is 5.93. The van der Waals surface area contributed by atoms with Gasteiger partial charge in [0.1, 0.15) is 5.82 Å². The Kier molecular flexibility index (Phi) is 6.60. The van der Waals surface area contributed by atoms with Crippen LogP contribution >= 0.6 is 0 Å². The highest BCUT2D eigenvalue weighted by Gasteiger charge is 2.28. The van der Waals surface area contributed by atoms with Crippen LogP contribution in [-0.4, -0.2) is 11.1 Å². The van der Waals surface area contributed by atoms with Gasteiger partial charge in [0.25, 0.3) is 0 Å². The normalized spacial score (nSPS) is 19.3. The zero-order chi connectivity index (χ0) is 21.1. The molecule has 2 nitrogen and oxygen atoms in total. The Labute approximate surface area is 167 Å². The number of benzene rings is 2. The van der Waals surface area contributed by atoms with Crippen LogP contribution < -0.4 is 0 Å². The Hall–Kier alpha value is -2.37. The second kappa shape index (κ2) is 8.97. The highest BCUT2D eigenvalue weighted by molar-refractivity contribution is 5.90. The third kappa shape index (κ3) is 4.46. The Morgan fingerprint density at radius 3 is 2.17 bits per heavy atom. The van der Waals surface area contributed by atoms with E-state index in [2.05, 4.69) is 6.92 Å². The summed E-state index contributed by atoms with van der Waals surface area (Å²) < 4.78 is 56.1. The van der Waals surface area contributed by atoms with Crippen molar-refractivity contribution in [2.24, 2.45) is 5.92 Å². The van der Waals surface area contributed by atoms with Crippen LogP contribution in [0.1, 0.15) is 73.7 Å². The largest absolute Gasteiger partial charge is 0.478 e. The molecule has 0 aliphatic heterocycles. The number of rotatable bonds is 6. The van der Waals surface area contributed by atoms with Crippen LogP contribution in [0.4, 0.5) is 17.6 Å². The van der Waals surface area contributed by atoms with Crippen LogP contribution in [-0.2, 0) is 0 Å². The number of unbranched alkanes of at least 4 members (excludes halogenated alkanes) is 1. The first-order chi connectivity index (χ1) is 13.8. The van der Waals surface area contributed by atoms with Crippen molar-refractivity contribution >= 4 is 5.97 Å². The smallest absolute Gasteiger partial charge is 0.338 e. The first kappa shape index (κ1) is 21.3. The molecule has 0 spiro atoms. The second-order valence-corrected chi connectivity index (χ2v) is 7.81. The Morgan fingerprint density at radius 1 is 1.00 bits per heavy atom. The summed E-state index contributed by atoms with van der Waals surface area (Å²) in [5.74, 6) is -6.46. The van der Waals surface area contributed by atoms with E-state index in [4.69, 9.17) is 0 Å². The third-order valence-electron chi connectivity index (χ3n) is 5.93. The van der Waals surface area contributed by atoms with Crippen molar-refractivity contribution in [3.8, 4) is 11.1 Å². The molecule has 29 heavy (non-hydrogen) atoms. The van der Waals surface area contributed by atoms with E-state index in [9.17, 15) is 23.1 Å². The van der Waals surface area contributed by atoms with Crippen molar-refractivity contribution in [2.45, 2.75) is 57.8 Å². The molecule has 1 aliphatic carbocycles. The maximum Gasteiger partial charge on any atom is 0.338 e. The fourth-order valence-electron chi connectivity index (χ4n) is 4.34. The van der Waals surface area contributed by atoms with Gasteiger partial charge in [-0.3, -0.25) is 0 Å². The molecule has 0 saturated heterocycles. The molecule has 1 N–H and O–H groups in total. The van der Waals surface area contributed by atoms with E-state index in [1.165, 1.54) is 12.1 Å². The van der Waals surface area contributed by atoms with E-state index in [1.54, 1.807) is 0 Å². The maximum absolute atomic E-state index is 15.1. The highest BCUT2D eigenvalue weighted by Crippen LogP contribution is 2.43. The quantitative estimate of drug-likeness (QED) is 0.410. The summed E-state index contributed by atoms with van der Waals surface area (Å²) in [6.45, 7) is 2.14. The summed E-state index contributed by atoms with van der Waals surface area (Å²) in [5, 5.41) is 9.26. The monoisotopic (exact) mass is 408 g/mol. The summed E-state index contributed by atoms with van der Waals surface area (Å²) >= 11 is 0. The lowest BCUT2D eigenvalue weighted by atomic mass is 9.75. The molecule has 1 fully saturated rings. The average molecular weight is 408 g/mol. The van der Waals surface area contributed by atoms with Gasteiger partial charge in [-0.05, 0) is 66.8 Å². The van der Waals surface area contributed by atoms with Crippen LogP contribution in [0, 0.1) is 29.2 Å². The zero-order valence-corrected chi connectivity index (χ0v) is 16.3. The van der Waals surface area contributed by atoms with Crippen molar-refractivity contribution in [1.82, 2.24) is 0 Å². The lowest BCUT2D eigenvalue weighted by molar-refractivity contribution is 0.0692. The molecule has 6 heteroatoms. The standard InChI is InChI=1S/C23H24F4O2/c1-2-3-4-13-5-7-14(8-6-13)16-9-10-17(23(28)29)21(26)20(16)15-11-18(24)22(27)19(25)12-15/h9-14H,2-8H2,1H3,(H,28,29). The predicted octanol–water partition coefficient (Wildman–Crippen LogP) is 7.07. The SMILES string of the molecule is CCCCC1CCC(c2ccc(C(=O)O)c(F)c2-c2cc(F)c(F)c(F)c2)CC1. The molecule has 0 heterocycles. The van der Waals surface area contributed by atoms with E-state index in [1.807, 2.05) is 0 Å². The lowest BCUT2D eigenvalue weighted by Crippen LogP contribution is -2.15. The number of aromatic carboxylic acids is 1. The number of carboxylic acids is 1. The topological polar surface area (TPSA) is 37.3 Å². The molecule has 0 aromatic heterocycles. The molecule has 0 bridgehead atoms. The average Bonchev–Trinajstić information content (AvgIpc) is 2.70. The molecular formula is C23H24F4O2. The zero-order valence-electron chi connectivity index (χ0n) is 16.3. The van der Waals surface area contributed by atoms with Gasteiger partial charge in [-0.15, -0.1) is 0 Å². The number of hydrogen-bond acceptors (Lipinski definition) is 1. The van der Waals surface area contributed by atoms with Crippen LogP contribution in [0.3, 0.4) is 0 Å². The van der Waals surface area contributed by atoms with Gasteiger partial charge in [-0.2, -0.15) is 0 Å². The molecule has 0 radical (unpaired) electrons. The number of halogens is 4. The van der Waals surface area contributed by atoms with Gasteiger partial charge in [0, 0.05) is 5.56 Å². The van der Waals surface area contributed by atoms with Gasteiger partial charge in [-0.25, -0.2) is 22.4 Å². The Morgan fingerprint density at radius 2 is 1.62 bits per heavy atom. The van der Waals surface area contributed by atoms with Crippen molar-refractivity contribution in [1.29, 1.82) is 0 Å². The van der Waals surface area contributed by atoms with Gasteiger partial charge >= 0.3 is 5.97 Å². The van der Waals surface area contributed by atoms with Gasteiger partial charge in [-0.1, -0.05) is 32.3 Å². The van der Waals surface area contributed by atoms with E-state index >= 15 is 4.39 Å². The molecule has 156 valence electrons. The fourth-order valence-corrected chi connectivity index (χ4v) is 4.34. The van der Waals surface area contributed by atoms with Crippen molar-refractivity contribution in [3.63, 3.8) is 0 Å². The minimum Gasteiger partial charge on any atom is -0.478 e. The molecule has 1 saturated carbocycles. The lowest BCUT2D eigenvalue weighted by Gasteiger charge is -2.30. The summed E-state index contributed by atoms with van der Waals surface area (Å²) in [4.78, 5) is 11.4.